The van der Waals surface area contributed by atoms with Gasteiger partial charge in [0.2, 0.25) is 5.91 Å². The highest BCUT2D eigenvalue weighted by Gasteiger charge is 2.28. The maximum atomic E-state index is 12.9. The van der Waals surface area contributed by atoms with Gasteiger partial charge in [0, 0.05) is 44.0 Å². The first-order chi connectivity index (χ1) is 15.0. The summed E-state index contributed by atoms with van der Waals surface area (Å²) in [6.45, 7) is 5.94. The van der Waals surface area contributed by atoms with Crippen molar-refractivity contribution in [1.29, 1.82) is 0 Å². The van der Waals surface area contributed by atoms with E-state index in [1.54, 1.807) is 4.90 Å². The van der Waals surface area contributed by atoms with Crippen molar-refractivity contribution >= 4 is 45.8 Å². The molecule has 0 bridgehead atoms. The van der Waals surface area contributed by atoms with E-state index in [1.165, 1.54) is 0 Å². The molecule has 0 aliphatic carbocycles. The quantitative estimate of drug-likeness (QED) is 0.569. The third kappa shape index (κ3) is 3.58. The Hall–Kier alpha value is -2.90. The van der Waals surface area contributed by atoms with Crippen molar-refractivity contribution in [2.24, 2.45) is 0 Å². The molecule has 0 atom stereocenters. The predicted molar refractivity (Wildman–Crippen MR) is 120 cm³/mol. The van der Waals surface area contributed by atoms with Gasteiger partial charge in [0.25, 0.3) is 0 Å². The highest BCUT2D eigenvalue weighted by atomic mass is 35.5. The second-order valence-corrected chi connectivity index (χ2v) is 8.37. The van der Waals surface area contributed by atoms with E-state index in [-0.39, 0.29) is 11.7 Å². The molecule has 31 heavy (non-hydrogen) atoms. The third-order valence-corrected chi connectivity index (χ3v) is 6.43. The number of hydrogen-bond acceptors (Lipinski definition) is 6. The molecule has 1 amide bonds. The number of nitrogens with zero attached hydrogens (tertiary/aromatic N) is 4. The summed E-state index contributed by atoms with van der Waals surface area (Å²) < 4.78 is 5.42. The zero-order valence-electron chi connectivity index (χ0n) is 17.3. The van der Waals surface area contributed by atoms with E-state index in [2.05, 4.69) is 15.0 Å². The van der Waals surface area contributed by atoms with Gasteiger partial charge in [0.15, 0.2) is 17.2 Å². The van der Waals surface area contributed by atoms with Gasteiger partial charge in [0.05, 0.1) is 23.4 Å². The average Bonchev–Trinajstić information content (AvgIpc) is 3.34. The van der Waals surface area contributed by atoms with Crippen LogP contribution in [-0.2, 0) is 11.2 Å². The summed E-state index contributed by atoms with van der Waals surface area (Å²) in [6, 6.07) is 11.2. The maximum Gasteiger partial charge on any atom is 0.231 e. The lowest BCUT2D eigenvalue weighted by Gasteiger charge is -2.34. The standard InChI is InChI=1S/C23H23ClN4O3/c1-2-28-18-7-6-15(12-16(18)13-21(28)30)19(29)14-26-8-10-27(11-9-26)23-22-17(24)4-3-5-20(22)31-25-23/h3-7,12H,2,8-11,13-14H2,1H3. The van der Waals surface area contributed by atoms with E-state index in [9.17, 15) is 9.59 Å². The first-order valence-corrected chi connectivity index (χ1v) is 10.9. The summed E-state index contributed by atoms with van der Waals surface area (Å²) >= 11 is 6.35. The van der Waals surface area contributed by atoms with Crippen molar-refractivity contribution in [3.05, 3.63) is 52.5 Å². The van der Waals surface area contributed by atoms with Gasteiger partial charge in [-0.15, -0.1) is 0 Å². The van der Waals surface area contributed by atoms with Crippen LogP contribution in [0, 0.1) is 0 Å². The molecule has 0 unspecified atom stereocenters. The molecule has 0 radical (unpaired) electrons. The Morgan fingerprint density at radius 1 is 1.16 bits per heavy atom. The molecule has 7 nitrogen and oxygen atoms in total. The van der Waals surface area contributed by atoms with Crippen LogP contribution >= 0.6 is 11.6 Å². The smallest absolute Gasteiger partial charge is 0.231 e. The number of piperazine rings is 1. The molecule has 2 aliphatic heterocycles. The number of Topliss-reactive ketones (excluding diaryl/α,β-unsaturated/α-hetero) is 1. The largest absolute Gasteiger partial charge is 0.354 e. The number of carbonyl (C=O) groups is 2. The Bertz CT molecular complexity index is 1170. The summed E-state index contributed by atoms with van der Waals surface area (Å²) in [5.41, 5.74) is 3.21. The van der Waals surface area contributed by atoms with Gasteiger partial charge in [-0.3, -0.25) is 14.5 Å². The minimum Gasteiger partial charge on any atom is -0.354 e. The number of anilines is 2. The minimum atomic E-state index is 0.0774. The first kappa shape index (κ1) is 20.0. The molecule has 2 aliphatic rings. The van der Waals surface area contributed by atoms with Gasteiger partial charge in [-0.2, -0.15) is 0 Å². The molecule has 8 heteroatoms. The normalized spacial score (nSPS) is 16.9. The van der Waals surface area contributed by atoms with Gasteiger partial charge in [-0.1, -0.05) is 22.8 Å². The number of hydrogen-bond donors (Lipinski definition) is 0. The Morgan fingerprint density at radius 2 is 1.97 bits per heavy atom. The molecule has 0 spiro atoms. The van der Waals surface area contributed by atoms with E-state index < -0.39 is 0 Å². The van der Waals surface area contributed by atoms with E-state index >= 15 is 0 Å². The highest BCUT2D eigenvalue weighted by Crippen LogP contribution is 2.33. The summed E-state index contributed by atoms with van der Waals surface area (Å²) in [5.74, 6) is 0.933. The summed E-state index contributed by atoms with van der Waals surface area (Å²) in [5, 5.41) is 5.68. The fourth-order valence-corrected chi connectivity index (χ4v) is 4.72. The zero-order valence-corrected chi connectivity index (χ0v) is 18.1. The molecular formula is C23H23ClN4O3. The molecule has 0 N–H and O–H groups in total. The van der Waals surface area contributed by atoms with Crippen LogP contribution in [0.2, 0.25) is 5.02 Å². The molecule has 5 rings (SSSR count). The van der Waals surface area contributed by atoms with Crippen LogP contribution in [0.5, 0.6) is 0 Å². The molecule has 2 aromatic carbocycles. The van der Waals surface area contributed by atoms with Crippen molar-refractivity contribution < 1.29 is 14.1 Å². The Kier molecular flexibility index (Phi) is 5.16. The summed E-state index contributed by atoms with van der Waals surface area (Å²) in [6.07, 6.45) is 0.372. The molecule has 3 heterocycles. The number of benzene rings is 2. The third-order valence-electron chi connectivity index (χ3n) is 6.12. The van der Waals surface area contributed by atoms with Crippen LogP contribution in [0.25, 0.3) is 11.0 Å². The van der Waals surface area contributed by atoms with E-state index in [0.29, 0.717) is 35.7 Å². The lowest BCUT2D eigenvalue weighted by molar-refractivity contribution is -0.117. The van der Waals surface area contributed by atoms with Crippen LogP contribution < -0.4 is 9.80 Å². The summed E-state index contributed by atoms with van der Waals surface area (Å²) in [4.78, 5) is 31.0. The molecule has 1 aromatic heterocycles. The van der Waals surface area contributed by atoms with Gasteiger partial charge < -0.3 is 14.3 Å². The molecule has 3 aromatic rings. The van der Waals surface area contributed by atoms with Crippen LogP contribution in [0.3, 0.4) is 0 Å². The monoisotopic (exact) mass is 438 g/mol. The first-order valence-electron chi connectivity index (χ1n) is 10.5. The van der Waals surface area contributed by atoms with Gasteiger partial charge in [-0.05, 0) is 42.8 Å². The lowest BCUT2D eigenvalue weighted by atomic mass is 10.0. The molecule has 1 saturated heterocycles. The Morgan fingerprint density at radius 3 is 2.74 bits per heavy atom. The molecular weight excluding hydrogens is 416 g/mol. The minimum absolute atomic E-state index is 0.0774. The summed E-state index contributed by atoms with van der Waals surface area (Å²) in [7, 11) is 0. The number of likely N-dealkylation sites (N-methyl/N-ethyl adjacent to an activating group) is 1. The molecule has 0 saturated carbocycles. The SMILES string of the molecule is CCN1C(=O)Cc2cc(C(=O)CN3CCN(c4noc5cccc(Cl)c45)CC3)ccc21. The van der Waals surface area contributed by atoms with E-state index in [0.717, 1.165) is 48.6 Å². The topological polar surface area (TPSA) is 69.9 Å². The Balaban J connectivity index is 1.23. The van der Waals surface area contributed by atoms with E-state index in [4.69, 9.17) is 16.1 Å². The van der Waals surface area contributed by atoms with Crippen molar-refractivity contribution in [3.8, 4) is 0 Å². The second-order valence-electron chi connectivity index (χ2n) is 7.96. The lowest BCUT2D eigenvalue weighted by Crippen LogP contribution is -2.48. The Labute approximate surface area is 185 Å². The number of ketones is 1. The highest BCUT2D eigenvalue weighted by molar-refractivity contribution is 6.36. The second kappa shape index (κ2) is 7.98. The number of amides is 1. The fourth-order valence-electron chi connectivity index (χ4n) is 4.47. The van der Waals surface area contributed by atoms with Gasteiger partial charge in [-0.25, -0.2) is 0 Å². The number of rotatable bonds is 5. The fraction of sp³-hybridized carbons (Fsp3) is 0.348. The van der Waals surface area contributed by atoms with Crippen molar-refractivity contribution in [3.63, 3.8) is 0 Å². The van der Waals surface area contributed by atoms with Crippen LogP contribution in [-0.4, -0.2) is 61.0 Å². The number of halogens is 1. The van der Waals surface area contributed by atoms with Gasteiger partial charge >= 0.3 is 0 Å². The number of fused-ring (bicyclic) bond motifs is 2. The van der Waals surface area contributed by atoms with E-state index in [1.807, 2.05) is 43.3 Å². The van der Waals surface area contributed by atoms with Crippen molar-refractivity contribution in [1.82, 2.24) is 10.1 Å². The van der Waals surface area contributed by atoms with Crippen LogP contribution in [0.1, 0.15) is 22.8 Å². The molecule has 1 fully saturated rings. The maximum absolute atomic E-state index is 12.9. The number of aromatic nitrogens is 1. The zero-order chi connectivity index (χ0) is 21.5. The van der Waals surface area contributed by atoms with Crippen molar-refractivity contribution in [2.45, 2.75) is 13.3 Å². The average molecular weight is 439 g/mol. The van der Waals surface area contributed by atoms with Crippen LogP contribution in [0.4, 0.5) is 11.5 Å². The molecule has 160 valence electrons. The predicted octanol–water partition coefficient (Wildman–Crippen LogP) is 3.40. The van der Waals surface area contributed by atoms with Gasteiger partial charge in [0.1, 0.15) is 0 Å². The van der Waals surface area contributed by atoms with Crippen LogP contribution in [0.15, 0.2) is 40.9 Å². The van der Waals surface area contributed by atoms with Crippen molar-refractivity contribution in [2.75, 3.05) is 49.1 Å². The number of carbonyl (C=O) groups excluding carboxylic acids is 2.